The summed E-state index contributed by atoms with van der Waals surface area (Å²) < 4.78 is 8.71. The van der Waals surface area contributed by atoms with Gasteiger partial charge in [0.25, 0.3) is 0 Å². The number of para-hydroxylation sites is 1. The van der Waals surface area contributed by atoms with E-state index >= 15 is 0 Å². The Morgan fingerprint density at radius 2 is 1.45 bits per heavy atom. The van der Waals surface area contributed by atoms with Gasteiger partial charge in [0.2, 0.25) is 0 Å². The maximum Gasteiger partial charge on any atom is 0.129 e. The monoisotopic (exact) mass is 618 g/mol. The van der Waals surface area contributed by atoms with Crippen molar-refractivity contribution in [2.75, 3.05) is 4.90 Å². The van der Waals surface area contributed by atoms with Crippen LogP contribution in [0.5, 0.6) is 11.5 Å². The second-order valence-corrected chi connectivity index (χ2v) is 13.6. The molecule has 1 atom stereocenters. The molecule has 0 bridgehead atoms. The molecule has 4 aromatic carbocycles. The molecule has 2 aliphatic rings. The van der Waals surface area contributed by atoms with Crippen molar-refractivity contribution in [3.05, 3.63) is 155 Å². The highest BCUT2D eigenvalue weighted by atomic mass is 16.5. The third-order valence-corrected chi connectivity index (χ3v) is 9.17. The Hall–Kier alpha value is -5.29. The van der Waals surface area contributed by atoms with Crippen LogP contribution >= 0.6 is 0 Å². The lowest BCUT2D eigenvalue weighted by Gasteiger charge is -2.33. The zero-order valence-corrected chi connectivity index (χ0v) is 28.3. The maximum atomic E-state index is 6.69. The third-order valence-electron chi connectivity index (χ3n) is 9.17. The molecule has 0 fully saturated rings. The van der Waals surface area contributed by atoms with Gasteiger partial charge in [-0.1, -0.05) is 81.4 Å². The van der Waals surface area contributed by atoms with E-state index in [1.54, 1.807) is 0 Å². The fourth-order valence-corrected chi connectivity index (χ4v) is 6.81. The molecule has 7 rings (SSSR count). The van der Waals surface area contributed by atoms with E-state index in [1.165, 1.54) is 33.5 Å². The molecule has 47 heavy (non-hydrogen) atoms. The van der Waals surface area contributed by atoms with Crippen molar-refractivity contribution >= 4 is 11.4 Å². The first kappa shape index (κ1) is 30.4. The van der Waals surface area contributed by atoms with E-state index in [1.807, 2.05) is 22.9 Å². The number of nitrogens with zero attached hydrogens (tertiary/aromatic N) is 4. The summed E-state index contributed by atoms with van der Waals surface area (Å²) in [4.78, 5) is 4.75. The number of hydrogen-bond acceptors (Lipinski definition) is 4. The highest BCUT2D eigenvalue weighted by Gasteiger charge is 2.34. The first-order chi connectivity index (χ1) is 22.6. The molecule has 1 aromatic heterocycles. The standard InChI is InChI=1S/C42H42N4O/c1-28-15-13-16-29(2)41(28)45-27-38(44-22-12-11-21-39(44)45)33-23-34(42(5,6)7)25-37(24-33)47-36-20-14-19-35(26-36)46-31(4)40(30(3)43-46)32-17-9-8-10-18-32/h8-27,39H,1-7H3. The second-order valence-electron chi connectivity index (χ2n) is 13.6. The number of aromatic nitrogens is 2. The van der Waals surface area contributed by atoms with Gasteiger partial charge in [-0.15, -0.1) is 0 Å². The summed E-state index contributed by atoms with van der Waals surface area (Å²) >= 11 is 0. The van der Waals surface area contributed by atoms with Gasteiger partial charge in [-0.05, 0) is 97.8 Å². The molecule has 0 saturated carbocycles. The first-order valence-corrected chi connectivity index (χ1v) is 16.3. The van der Waals surface area contributed by atoms with Crippen molar-refractivity contribution in [2.45, 2.75) is 60.0 Å². The van der Waals surface area contributed by atoms with Crippen molar-refractivity contribution in [3.8, 4) is 28.3 Å². The highest BCUT2D eigenvalue weighted by Crippen LogP contribution is 2.41. The normalized spacial score (nSPS) is 15.6. The topological polar surface area (TPSA) is 33.5 Å². The van der Waals surface area contributed by atoms with Crippen LogP contribution in [-0.2, 0) is 5.41 Å². The van der Waals surface area contributed by atoms with E-state index in [0.29, 0.717) is 0 Å². The summed E-state index contributed by atoms with van der Waals surface area (Å²) in [5.41, 5.74) is 12.6. The van der Waals surface area contributed by atoms with Crippen LogP contribution in [0.2, 0.25) is 0 Å². The molecule has 236 valence electrons. The molecule has 0 aliphatic carbocycles. The van der Waals surface area contributed by atoms with Crippen LogP contribution in [0.1, 0.15) is 54.4 Å². The van der Waals surface area contributed by atoms with Crippen LogP contribution in [-0.4, -0.2) is 20.8 Å². The molecule has 5 aromatic rings. The third kappa shape index (κ3) is 5.67. The molecule has 0 saturated heterocycles. The van der Waals surface area contributed by atoms with Gasteiger partial charge >= 0.3 is 0 Å². The van der Waals surface area contributed by atoms with E-state index in [0.717, 1.165) is 39.8 Å². The smallest absolute Gasteiger partial charge is 0.129 e. The Kier molecular flexibility index (Phi) is 7.63. The fourth-order valence-electron chi connectivity index (χ4n) is 6.81. The Balaban J connectivity index is 1.27. The zero-order valence-electron chi connectivity index (χ0n) is 28.3. The first-order valence-electron chi connectivity index (χ1n) is 16.3. The van der Waals surface area contributed by atoms with Crippen molar-refractivity contribution in [2.24, 2.45) is 0 Å². The molecule has 3 heterocycles. The molecule has 5 heteroatoms. The van der Waals surface area contributed by atoms with Gasteiger partial charge in [-0.25, -0.2) is 4.68 Å². The number of fused-ring (bicyclic) bond motifs is 1. The number of ether oxygens (including phenoxy) is 1. The number of allylic oxidation sites excluding steroid dienone is 2. The summed E-state index contributed by atoms with van der Waals surface area (Å²) in [5.74, 6) is 1.58. The Morgan fingerprint density at radius 1 is 0.702 bits per heavy atom. The van der Waals surface area contributed by atoms with Gasteiger partial charge in [0.05, 0.1) is 17.1 Å². The van der Waals surface area contributed by atoms with Gasteiger partial charge in [-0.3, -0.25) is 0 Å². The number of hydrogen-bond donors (Lipinski definition) is 0. The van der Waals surface area contributed by atoms with E-state index in [9.17, 15) is 0 Å². The summed E-state index contributed by atoms with van der Waals surface area (Å²) in [5, 5.41) is 4.93. The highest BCUT2D eigenvalue weighted by molar-refractivity contribution is 5.77. The molecule has 0 spiro atoms. The number of benzene rings is 4. The number of rotatable bonds is 6. The minimum atomic E-state index is -0.0734. The predicted octanol–water partition coefficient (Wildman–Crippen LogP) is 10.4. The number of aryl methyl sites for hydroxylation is 3. The van der Waals surface area contributed by atoms with Gasteiger partial charge in [0.1, 0.15) is 17.7 Å². The minimum absolute atomic E-state index is 0.0655. The molecular formula is C42H42N4O. The largest absolute Gasteiger partial charge is 0.457 e. The van der Waals surface area contributed by atoms with E-state index < -0.39 is 0 Å². The molecule has 0 amide bonds. The van der Waals surface area contributed by atoms with Gasteiger partial charge in [0.15, 0.2) is 0 Å². The predicted molar refractivity (Wildman–Crippen MR) is 194 cm³/mol. The summed E-state index contributed by atoms with van der Waals surface area (Å²) in [6.45, 7) is 15.3. The lowest BCUT2D eigenvalue weighted by atomic mass is 9.85. The quantitative estimate of drug-likeness (QED) is 0.190. The van der Waals surface area contributed by atoms with E-state index in [4.69, 9.17) is 9.84 Å². The van der Waals surface area contributed by atoms with Crippen LogP contribution in [0.25, 0.3) is 22.5 Å². The van der Waals surface area contributed by atoms with Crippen LogP contribution in [0.15, 0.2) is 122 Å². The molecule has 0 N–H and O–H groups in total. The lowest BCUT2D eigenvalue weighted by Crippen LogP contribution is -2.36. The maximum absolute atomic E-state index is 6.69. The molecule has 5 nitrogen and oxygen atoms in total. The van der Waals surface area contributed by atoms with Gasteiger partial charge in [-0.2, -0.15) is 5.10 Å². The Bertz CT molecular complexity index is 2040. The summed E-state index contributed by atoms with van der Waals surface area (Å²) in [6.07, 6.45) is 11.0. The van der Waals surface area contributed by atoms with E-state index in [2.05, 4.69) is 162 Å². The zero-order chi connectivity index (χ0) is 32.9. The van der Waals surface area contributed by atoms with Crippen LogP contribution in [0.4, 0.5) is 5.69 Å². The SMILES string of the molecule is Cc1cccc(C)c1N1C=C(c2cc(Oc3cccc(-n4nc(C)c(-c5ccccc5)c4C)c3)cc(C(C)(C)C)c2)N2C=CC=CC21. The van der Waals surface area contributed by atoms with Crippen molar-refractivity contribution in [3.63, 3.8) is 0 Å². The Morgan fingerprint density at radius 3 is 2.19 bits per heavy atom. The van der Waals surface area contributed by atoms with Gasteiger partial charge < -0.3 is 14.5 Å². The molecular weight excluding hydrogens is 576 g/mol. The van der Waals surface area contributed by atoms with Crippen molar-refractivity contribution in [1.82, 2.24) is 14.7 Å². The molecule has 0 radical (unpaired) electrons. The average molecular weight is 619 g/mol. The van der Waals surface area contributed by atoms with Crippen LogP contribution in [0, 0.1) is 27.7 Å². The van der Waals surface area contributed by atoms with Crippen molar-refractivity contribution in [1.29, 1.82) is 0 Å². The van der Waals surface area contributed by atoms with Crippen LogP contribution < -0.4 is 9.64 Å². The average Bonchev–Trinajstić information content (AvgIpc) is 3.57. The fraction of sp³-hybridized carbons (Fsp3) is 0.214. The summed E-state index contributed by atoms with van der Waals surface area (Å²) in [7, 11) is 0. The van der Waals surface area contributed by atoms with Crippen LogP contribution in [0.3, 0.4) is 0 Å². The van der Waals surface area contributed by atoms with E-state index in [-0.39, 0.29) is 11.6 Å². The molecule has 1 unspecified atom stereocenters. The second kappa shape index (κ2) is 11.8. The molecule has 2 aliphatic heterocycles. The summed E-state index contributed by atoms with van der Waals surface area (Å²) in [6, 6.07) is 31.8. The van der Waals surface area contributed by atoms with Gasteiger partial charge in [0, 0.05) is 41.0 Å². The number of anilines is 1. The van der Waals surface area contributed by atoms with Crippen molar-refractivity contribution < 1.29 is 4.74 Å². The minimum Gasteiger partial charge on any atom is -0.457 e. The Labute approximate surface area is 278 Å². The lowest BCUT2D eigenvalue weighted by molar-refractivity contribution is 0.467.